The van der Waals surface area contributed by atoms with E-state index in [9.17, 15) is 9.59 Å². The number of carbonyl (C=O) groups is 2. The predicted octanol–water partition coefficient (Wildman–Crippen LogP) is 4.32. The third-order valence-electron chi connectivity index (χ3n) is 3.25. The zero-order chi connectivity index (χ0) is 16.9. The number of para-hydroxylation sites is 1. The van der Waals surface area contributed by atoms with E-state index in [2.05, 4.69) is 5.32 Å². The van der Waals surface area contributed by atoms with Crippen molar-refractivity contribution in [2.75, 3.05) is 11.9 Å². The maximum Gasteiger partial charge on any atom is 0.376 e. The van der Waals surface area contributed by atoms with E-state index in [-0.39, 0.29) is 18.3 Å². The van der Waals surface area contributed by atoms with E-state index in [1.807, 2.05) is 23.6 Å². The van der Waals surface area contributed by atoms with Gasteiger partial charge in [0.25, 0.3) is 0 Å². The van der Waals surface area contributed by atoms with Crippen molar-refractivity contribution in [2.24, 2.45) is 0 Å². The molecule has 0 radical (unpaired) electrons. The van der Waals surface area contributed by atoms with Crippen LogP contribution in [0.3, 0.4) is 0 Å². The number of benzene rings is 1. The Bertz CT molecular complexity index is 893. The molecule has 0 unspecified atom stereocenters. The molecule has 5 nitrogen and oxygen atoms in total. The molecule has 24 heavy (non-hydrogen) atoms. The molecule has 0 atom stereocenters. The zero-order valence-corrected chi connectivity index (χ0v) is 13.8. The van der Waals surface area contributed by atoms with Crippen molar-refractivity contribution >= 4 is 45.9 Å². The largest absolute Gasteiger partial charge is 0.460 e. The number of fused-ring (bicyclic) bond motifs is 1. The number of ether oxygens (including phenoxy) is 1. The van der Waals surface area contributed by atoms with Crippen molar-refractivity contribution in [1.82, 2.24) is 0 Å². The number of hydrogen-bond acceptors (Lipinski definition) is 5. The maximum absolute atomic E-state index is 12.2. The molecule has 0 aliphatic carbocycles. The van der Waals surface area contributed by atoms with Crippen LogP contribution in [0.15, 0.2) is 52.3 Å². The fraction of sp³-hybridized carbons (Fsp3) is 0.111. The van der Waals surface area contributed by atoms with Crippen molar-refractivity contribution in [3.8, 4) is 0 Å². The lowest BCUT2D eigenvalue weighted by Gasteiger charge is -2.03. The van der Waals surface area contributed by atoms with Gasteiger partial charge in [-0.05, 0) is 36.6 Å². The minimum atomic E-state index is -0.605. The summed E-state index contributed by atoms with van der Waals surface area (Å²) < 4.78 is 10.6. The Hall–Kier alpha value is -2.86. The Morgan fingerprint density at radius 1 is 1.25 bits per heavy atom. The van der Waals surface area contributed by atoms with Crippen molar-refractivity contribution in [1.29, 1.82) is 0 Å². The van der Waals surface area contributed by atoms with E-state index in [0.717, 1.165) is 4.88 Å². The monoisotopic (exact) mass is 341 g/mol. The smallest absolute Gasteiger partial charge is 0.376 e. The van der Waals surface area contributed by atoms with Gasteiger partial charge >= 0.3 is 5.97 Å². The summed E-state index contributed by atoms with van der Waals surface area (Å²) in [5.41, 5.74) is 0.836. The Morgan fingerprint density at radius 3 is 2.83 bits per heavy atom. The molecule has 0 fully saturated rings. The fourth-order valence-corrected chi connectivity index (χ4v) is 2.84. The molecule has 2 heterocycles. The lowest BCUT2D eigenvalue weighted by atomic mass is 10.2. The Labute approximate surface area is 142 Å². The van der Waals surface area contributed by atoms with Gasteiger partial charge in [-0.25, -0.2) is 4.79 Å². The van der Waals surface area contributed by atoms with Crippen molar-refractivity contribution in [2.45, 2.75) is 6.92 Å². The molecule has 3 aromatic rings. The normalized spacial score (nSPS) is 11.0. The number of rotatable bonds is 5. The summed E-state index contributed by atoms with van der Waals surface area (Å²) in [4.78, 5) is 25.2. The van der Waals surface area contributed by atoms with Crippen LogP contribution in [-0.2, 0) is 9.53 Å². The molecule has 1 N–H and O–H groups in total. The van der Waals surface area contributed by atoms with Gasteiger partial charge in [0.05, 0.1) is 6.61 Å². The molecular formula is C18H15NO4S. The molecule has 2 aromatic heterocycles. The Kier molecular flexibility index (Phi) is 4.77. The average molecular weight is 341 g/mol. The number of anilines is 1. The van der Waals surface area contributed by atoms with Gasteiger partial charge in [-0.2, -0.15) is 0 Å². The summed E-state index contributed by atoms with van der Waals surface area (Å²) in [5, 5.41) is 5.30. The minimum absolute atomic E-state index is 0.00377. The summed E-state index contributed by atoms with van der Waals surface area (Å²) in [6, 6.07) is 10.9. The quantitative estimate of drug-likeness (QED) is 0.554. The van der Waals surface area contributed by atoms with Crippen LogP contribution in [0.25, 0.3) is 17.0 Å². The number of furan rings is 1. The van der Waals surface area contributed by atoms with Gasteiger partial charge in [-0.3, -0.25) is 4.79 Å². The Morgan fingerprint density at radius 2 is 2.08 bits per heavy atom. The second kappa shape index (κ2) is 7.14. The van der Waals surface area contributed by atoms with Crippen LogP contribution in [-0.4, -0.2) is 18.5 Å². The standard InChI is InChI=1S/C18H15NO4S/c1-2-22-18(21)17-16(13-7-3-4-8-14(13)23-17)19-15(20)10-9-12-6-5-11-24-12/h3-11H,2H2,1H3,(H,19,20). The highest BCUT2D eigenvalue weighted by Crippen LogP contribution is 2.31. The topological polar surface area (TPSA) is 68.5 Å². The highest BCUT2D eigenvalue weighted by molar-refractivity contribution is 7.10. The third-order valence-corrected chi connectivity index (χ3v) is 4.08. The molecule has 0 aliphatic rings. The van der Waals surface area contributed by atoms with Gasteiger partial charge in [-0.1, -0.05) is 18.2 Å². The van der Waals surface area contributed by atoms with E-state index < -0.39 is 5.97 Å². The summed E-state index contributed by atoms with van der Waals surface area (Å²) >= 11 is 1.53. The van der Waals surface area contributed by atoms with Crippen LogP contribution in [0.4, 0.5) is 5.69 Å². The number of hydrogen-bond donors (Lipinski definition) is 1. The van der Waals surface area contributed by atoms with Crippen molar-refractivity contribution in [3.63, 3.8) is 0 Å². The molecule has 122 valence electrons. The Balaban J connectivity index is 1.90. The second-order valence-electron chi connectivity index (χ2n) is 4.86. The van der Waals surface area contributed by atoms with Crippen molar-refractivity contribution < 1.29 is 18.7 Å². The van der Waals surface area contributed by atoms with Crippen LogP contribution >= 0.6 is 11.3 Å². The SMILES string of the molecule is CCOC(=O)c1oc2ccccc2c1NC(=O)C=Cc1cccs1. The van der Waals surface area contributed by atoms with Crippen LogP contribution in [0.2, 0.25) is 0 Å². The van der Waals surface area contributed by atoms with E-state index in [1.165, 1.54) is 17.4 Å². The number of amides is 1. The first-order valence-corrected chi connectivity index (χ1v) is 8.28. The molecule has 1 aromatic carbocycles. The molecule has 6 heteroatoms. The molecule has 0 spiro atoms. The fourth-order valence-electron chi connectivity index (χ4n) is 2.22. The molecular weight excluding hydrogens is 326 g/mol. The highest BCUT2D eigenvalue weighted by Gasteiger charge is 2.22. The molecule has 1 amide bonds. The lowest BCUT2D eigenvalue weighted by molar-refractivity contribution is -0.111. The van der Waals surface area contributed by atoms with Gasteiger partial charge in [0, 0.05) is 16.3 Å². The zero-order valence-electron chi connectivity index (χ0n) is 12.9. The molecule has 3 rings (SSSR count). The summed E-state index contributed by atoms with van der Waals surface area (Å²) in [6.07, 6.45) is 3.13. The lowest BCUT2D eigenvalue weighted by Crippen LogP contribution is -2.12. The highest BCUT2D eigenvalue weighted by atomic mass is 32.1. The number of carbonyl (C=O) groups excluding carboxylic acids is 2. The molecule has 0 aliphatic heterocycles. The first-order chi connectivity index (χ1) is 11.7. The number of nitrogens with one attached hydrogen (secondary N) is 1. The van der Waals surface area contributed by atoms with Crippen LogP contribution in [0.1, 0.15) is 22.4 Å². The van der Waals surface area contributed by atoms with E-state index in [0.29, 0.717) is 16.7 Å². The van der Waals surface area contributed by atoms with Crippen LogP contribution in [0.5, 0.6) is 0 Å². The van der Waals surface area contributed by atoms with Gasteiger partial charge in [0.15, 0.2) is 0 Å². The summed E-state index contributed by atoms with van der Waals surface area (Å²) in [7, 11) is 0. The first-order valence-electron chi connectivity index (χ1n) is 7.40. The van der Waals surface area contributed by atoms with Crippen LogP contribution < -0.4 is 5.32 Å². The van der Waals surface area contributed by atoms with E-state index in [4.69, 9.17) is 9.15 Å². The molecule has 0 bridgehead atoms. The van der Waals surface area contributed by atoms with Gasteiger partial charge in [0.1, 0.15) is 11.3 Å². The van der Waals surface area contributed by atoms with Crippen molar-refractivity contribution in [3.05, 3.63) is 58.5 Å². The van der Waals surface area contributed by atoms with Gasteiger partial charge in [0.2, 0.25) is 11.7 Å². The number of esters is 1. The molecule has 0 saturated heterocycles. The third kappa shape index (κ3) is 3.38. The molecule has 0 saturated carbocycles. The van der Waals surface area contributed by atoms with E-state index >= 15 is 0 Å². The second-order valence-corrected chi connectivity index (χ2v) is 5.84. The summed E-state index contributed by atoms with van der Waals surface area (Å²) in [5.74, 6) is -0.956. The first kappa shape index (κ1) is 16.0. The summed E-state index contributed by atoms with van der Waals surface area (Å²) in [6.45, 7) is 1.93. The van der Waals surface area contributed by atoms with Gasteiger partial charge < -0.3 is 14.5 Å². The number of thiophene rings is 1. The predicted molar refractivity (Wildman–Crippen MR) is 94.2 cm³/mol. The maximum atomic E-state index is 12.2. The average Bonchev–Trinajstić information content (AvgIpc) is 3.21. The van der Waals surface area contributed by atoms with E-state index in [1.54, 1.807) is 31.2 Å². The van der Waals surface area contributed by atoms with Gasteiger partial charge in [-0.15, -0.1) is 11.3 Å². The van der Waals surface area contributed by atoms with Crippen LogP contribution in [0, 0.1) is 0 Å². The minimum Gasteiger partial charge on any atom is -0.460 e.